The monoisotopic (exact) mass is 532 g/mol. The van der Waals surface area contributed by atoms with Crippen LogP contribution in [0, 0.1) is 0 Å². The average molecular weight is 533 g/mol. The second-order valence-corrected chi connectivity index (χ2v) is 9.63. The maximum atomic E-state index is 13.5. The summed E-state index contributed by atoms with van der Waals surface area (Å²) in [7, 11) is 0. The Morgan fingerprint density at radius 2 is 1.33 bits per heavy atom. The fraction of sp³-hybridized carbons (Fsp3) is 0. The lowest BCUT2D eigenvalue weighted by Gasteiger charge is -2.16. The third-order valence-corrected chi connectivity index (χ3v) is 7.10. The van der Waals surface area contributed by atoms with E-state index in [1.54, 1.807) is 42.5 Å². The number of hydrogen-bond donors (Lipinski definition) is 1. The minimum absolute atomic E-state index is 0.164. The highest BCUT2D eigenvalue weighted by Crippen LogP contribution is 2.39. The second-order valence-electron chi connectivity index (χ2n) is 7.73. The SMILES string of the molecule is O=C1C(Nc2ccc(Cl)c(Cl)c2)=C(Sc2ccccc2)C(=O)N1c1ccc(Oc2ccccc2)cc1. The lowest BCUT2D eigenvalue weighted by molar-refractivity contribution is -0.120. The van der Waals surface area contributed by atoms with Crippen LogP contribution in [0.1, 0.15) is 0 Å². The van der Waals surface area contributed by atoms with Gasteiger partial charge in [0, 0.05) is 10.6 Å². The van der Waals surface area contributed by atoms with E-state index in [0.29, 0.717) is 32.9 Å². The van der Waals surface area contributed by atoms with Crippen molar-refractivity contribution in [1.29, 1.82) is 0 Å². The summed E-state index contributed by atoms with van der Waals surface area (Å²) in [4.78, 5) is 29.3. The van der Waals surface area contributed by atoms with Crippen LogP contribution in [-0.2, 0) is 9.59 Å². The number of imide groups is 1. The molecule has 5 rings (SSSR count). The Balaban J connectivity index is 1.45. The van der Waals surface area contributed by atoms with Gasteiger partial charge in [0.2, 0.25) is 0 Å². The van der Waals surface area contributed by atoms with Gasteiger partial charge in [0.05, 0.1) is 15.7 Å². The van der Waals surface area contributed by atoms with Gasteiger partial charge in [0.15, 0.2) is 0 Å². The van der Waals surface area contributed by atoms with E-state index in [1.807, 2.05) is 60.7 Å². The molecule has 0 saturated carbocycles. The highest BCUT2D eigenvalue weighted by atomic mass is 35.5. The maximum Gasteiger partial charge on any atom is 0.283 e. The first-order valence-electron chi connectivity index (χ1n) is 10.9. The number of carbonyl (C=O) groups is 2. The summed E-state index contributed by atoms with van der Waals surface area (Å²) >= 11 is 13.4. The Morgan fingerprint density at radius 1 is 0.694 bits per heavy atom. The summed E-state index contributed by atoms with van der Waals surface area (Å²) in [6, 6.07) is 30.5. The number of hydrogen-bond acceptors (Lipinski definition) is 5. The Labute approximate surface area is 222 Å². The van der Waals surface area contributed by atoms with Gasteiger partial charge in [-0.2, -0.15) is 0 Å². The van der Waals surface area contributed by atoms with Crippen LogP contribution in [0.4, 0.5) is 11.4 Å². The number of thioether (sulfide) groups is 1. The molecular weight excluding hydrogens is 515 g/mol. The van der Waals surface area contributed by atoms with Crippen LogP contribution in [0.25, 0.3) is 0 Å². The molecule has 1 N–H and O–H groups in total. The van der Waals surface area contributed by atoms with Crippen molar-refractivity contribution < 1.29 is 14.3 Å². The zero-order valence-electron chi connectivity index (χ0n) is 18.7. The predicted octanol–water partition coefficient (Wildman–Crippen LogP) is 7.77. The number of carbonyl (C=O) groups excluding carboxylic acids is 2. The molecule has 0 bridgehead atoms. The van der Waals surface area contributed by atoms with E-state index in [1.165, 1.54) is 11.8 Å². The molecule has 4 aromatic rings. The first-order chi connectivity index (χ1) is 17.5. The molecule has 0 fully saturated rings. The van der Waals surface area contributed by atoms with E-state index in [0.717, 1.165) is 9.80 Å². The Bertz CT molecular complexity index is 1460. The van der Waals surface area contributed by atoms with E-state index in [4.69, 9.17) is 27.9 Å². The third-order valence-electron chi connectivity index (χ3n) is 5.27. The van der Waals surface area contributed by atoms with Crippen LogP contribution < -0.4 is 15.0 Å². The maximum absolute atomic E-state index is 13.5. The molecule has 5 nitrogen and oxygen atoms in total. The number of ether oxygens (including phenoxy) is 1. The van der Waals surface area contributed by atoms with Gasteiger partial charge in [-0.15, -0.1) is 0 Å². The van der Waals surface area contributed by atoms with Crippen LogP contribution in [0.3, 0.4) is 0 Å². The van der Waals surface area contributed by atoms with Gasteiger partial charge < -0.3 is 10.1 Å². The van der Waals surface area contributed by atoms with Crippen molar-refractivity contribution in [2.75, 3.05) is 10.2 Å². The molecule has 2 amide bonds. The van der Waals surface area contributed by atoms with Gasteiger partial charge in [-0.1, -0.05) is 71.4 Å². The second kappa shape index (κ2) is 10.5. The number of nitrogens with one attached hydrogen (secondary N) is 1. The molecule has 0 aromatic heterocycles. The minimum atomic E-state index is -0.471. The number of para-hydroxylation sites is 1. The molecular formula is C28H18Cl2N2O3S. The molecule has 4 aromatic carbocycles. The number of rotatable bonds is 7. The summed E-state index contributed by atoms with van der Waals surface area (Å²) in [5, 5.41) is 3.81. The number of anilines is 2. The first-order valence-corrected chi connectivity index (χ1v) is 12.5. The van der Waals surface area contributed by atoms with Crippen LogP contribution in [0.5, 0.6) is 11.5 Å². The predicted molar refractivity (Wildman–Crippen MR) is 145 cm³/mol. The van der Waals surface area contributed by atoms with Gasteiger partial charge in [0.25, 0.3) is 11.8 Å². The van der Waals surface area contributed by atoms with Gasteiger partial charge in [-0.25, -0.2) is 4.90 Å². The van der Waals surface area contributed by atoms with Crippen LogP contribution in [-0.4, -0.2) is 11.8 Å². The molecule has 0 unspecified atom stereocenters. The lowest BCUT2D eigenvalue weighted by atomic mass is 10.2. The van der Waals surface area contributed by atoms with Gasteiger partial charge >= 0.3 is 0 Å². The Hall–Kier alpha value is -3.71. The number of benzene rings is 4. The zero-order valence-corrected chi connectivity index (χ0v) is 21.0. The van der Waals surface area contributed by atoms with E-state index >= 15 is 0 Å². The van der Waals surface area contributed by atoms with E-state index in [2.05, 4.69) is 5.32 Å². The van der Waals surface area contributed by atoms with E-state index < -0.39 is 11.8 Å². The standard InChI is InChI=1S/C28H18Cl2N2O3S/c29-23-16-11-18(17-24(23)30)31-25-26(36-22-9-5-2-6-10-22)28(34)32(27(25)33)19-12-14-21(15-13-19)35-20-7-3-1-4-8-20/h1-17,31H. The first kappa shape index (κ1) is 24.0. The molecule has 178 valence electrons. The summed E-state index contributed by atoms with van der Waals surface area (Å²) in [5.41, 5.74) is 1.14. The molecule has 0 aliphatic carbocycles. The third kappa shape index (κ3) is 5.11. The summed E-state index contributed by atoms with van der Waals surface area (Å²) in [6.07, 6.45) is 0. The van der Waals surface area contributed by atoms with Crippen molar-refractivity contribution >= 4 is 58.2 Å². The molecule has 8 heteroatoms. The largest absolute Gasteiger partial charge is 0.457 e. The quantitative estimate of drug-likeness (QED) is 0.246. The fourth-order valence-electron chi connectivity index (χ4n) is 3.56. The number of amides is 2. The number of halogens is 2. The van der Waals surface area contributed by atoms with Crippen molar-refractivity contribution in [1.82, 2.24) is 0 Å². The van der Waals surface area contributed by atoms with Crippen molar-refractivity contribution in [2.45, 2.75) is 4.90 Å². The van der Waals surface area contributed by atoms with Crippen LogP contribution in [0.15, 0.2) is 119 Å². The molecule has 1 aliphatic rings. The molecule has 0 saturated heterocycles. The Morgan fingerprint density at radius 3 is 2.00 bits per heavy atom. The van der Waals surface area contributed by atoms with Crippen LogP contribution >= 0.6 is 35.0 Å². The lowest BCUT2D eigenvalue weighted by Crippen LogP contribution is -2.32. The minimum Gasteiger partial charge on any atom is -0.457 e. The highest BCUT2D eigenvalue weighted by Gasteiger charge is 2.40. The fourth-order valence-corrected chi connectivity index (χ4v) is 4.81. The summed E-state index contributed by atoms with van der Waals surface area (Å²) < 4.78 is 5.83. The zero-order chi connectivity index (χ0) is 25.1. The molecule has 36 heavy (non-hydrogen) atoms. The molecule has 1 heterocycles. The van der Waals surface area contributed by atoms with Gasteiger partial charge in [-0.05, 0) is 66.7 Å². The van der Waals surface area contributed by atoms with Crippen molar-refractivity contribution in [3.8, 4) is 11.5 Å². The van der Waals surface area contributed by atoms with Gasteiger partial charge in [0.1, 0.15) is 22.1 Å². The van der Waals surface area contributed by atoms with Gasteiger partial charge in [-0.3, -0.25) is 9.59 Å². The Kier molecular flexibility index (Phi) is 7.00. The molecule has 0 spiro atoms. The molecule has 0 radical (unpaired) electrons. The number of nitrogens with zero attached hydrogens (tertiary/aromatic N) is 1. The highest BCUT2D eigenvalue weighted by molar-refractivity contribution is 8.04. The van der Waals surface area contributed by atoms with Crippen LogP contribution in [0.2, 0.25) is 10.0 Å². The topological polar surface area (TPSA) is 58.6 Å². The molecule has 1 aliphatic heterocycles. The smallest absolute Gasteiger partial charge is 0.283 e. The summed E-state index contributed by atoms with van der Waals surface area (Å²) in [6.45, 7) is 0. The van der Waals surface area contributed by atoms with E-state index in [9.17, 15) is 9.59 Å². The van der Waals surface area contributed by atoms with Crippen molar-refractivity contribution in [2.24, 2.45) is 0 Å². The normalized spacial score (nSPS) is 13.3. The average Bonchev–Trinajstić information content (AvgIpc) is 3.12. The molecule has 0 atom stereocenters. The van der Waals surface area contributed by atoms with Crippen molar-refractivity contribution in [3.05, 3.63) is 124 Å². The van der Waals surface area contributed by atoms with E-state index in [-0.39, 0.29) is 10.6 Å². The van der Waals surface area contributed by atoms with Crippen molar-refractivity contribution in [3.63, 3.8) is 0 Å². The summed E-state index contributed by atoms with van der Waals surface area (Å²) in [5.74, 6) is 0.384.